The quantitative estimate of drug-likeness (QED) is 0.394. The van der Waals surface area contributed by atoms with Gasteiger partial charge >= 0.3 is 0 Å². The molecule has 11 heteroatoms. The monoisotopic (exact) mass is 545 g/mol. The number of carbonyl (C=O) groups is 2. The number of unbranched alkanes of at least 4 members (excludes halogenated alkanes) is 1. The van der Waals surface area contributed by atoms with Gasteiger partial charge in [-0.25, -0.2) is 12.8 Å². The lowest BCUT2D eigenvalue weighted by atomic mass is 10.1. The lowest BCUT2D eigenvalue weighted by molar-refractivity contribution is -0.140. The van der Waals surface area contributed by atoms with E-state index in [9.17, 15) is 22.4 Å². The second kappa shape index (κ2) is 13.1. The van der Waals surface area contributed by atoms with Crippen LogP contribution in [0.4, 0.5) is 10.1 Å². The van der Waals surface area contributed by atoms with Gasteiger partial charge in [0.15, 0.2) is 0 Å². The van der Waals surface area contributed by atoms with Crippen molar-refractivity contribution in [3.05, 3.63) is 63.9 Å². The topological polar surface area (TPSA) is 86.8 Å². The molecule has 1 unspecified atom stereocenters. The van der Waals surface area contributed by atoms with E-state index < -0.39 is 34.3 Å². The van der Waals surface area contributed by atoms with Gasteiger partial charge in [-0.1, -0.05) is 61.7 Å². The van der Waals surface area contributed by atoms with Crippen LogP contribution in [0.5, 0.6) is 0 Å². The minimum atomic E-state index is -3.94. The van der Waals surface area contributed by atoms with Gasteiger partial charge in [0, 0.05) is 13.1 Å². The Kier molecular flexibility index (Phi) is 10.8. The predicted octanol–water partition coefficient (Wildman–Crippen LogP) is 4.62. The summed E-state index contributed by atoms with van der Waals surface area (Å²) in [4.78, 5) is 27.8. The van der Waals surface area contributed by atoms with Crippen LogP contribution in [-0.2, 0) is 26.2 Å². The Hall–Kier alpha value is -2.36. The summed E-state index contributed by atoms with van der Waals surface area (Å²) >= 11 is 12.3. The maximum atomic E-state index is 13.6. The number of nitrogens with one attached hydrogen (secondary N) is 1. The first-order valence-corrected chi connectivity index (χ1v) is 13.8. The van der Waals surface area contributed by atoms with E-state index in [-0.39, 0.29) is 28.2 Å². The molecule has 0 aliphatic heterocycles. The normalized spacial score (nSPS) is 12.2. The van der Waals surface area contributed by atoms with Crippen molar-refractivity contribution < 1.29 is 22.4 Å². The first-order valence-electron chi connectivity index (χ1n) is 11.2. The Bertz CT molecular complexity index is 1130. The molecule has 0 spiro atoms. The largest absolute Gasteiger partial charge is 0.354 e. The summed E-state index contributed by atoms with van der Waals surface area (Å²) in [5.74, 6) is -1.40. The van der Waals surface area contributed by atoms with Crippen molar-refractivity contribution in [2.24, 2.45) is 0 Å². The van der Waals surface area contributed by atoms with Gasteiger partial charge in [0.25, 0.3) is 0 Å². The minimum absolute atomic E-state index is 0.0122. The van der Waals surface area contributed by atoms with E-state index in [1.54, 1.807) is 6.92 Å². The average Bonchev–Trinajstić information content (AvgIpc) is 2.80. The van der Waals surface area contributed by atoms with E-state index in [0.717, 1.165) is 23.4 Å². The smallest absolute Gasteiger partial charge is 0.244 e. The van der Waals surface area contributed by atoms with Gasteiger partial charge in [0.2, 0.25) is 21.8 Å². The van der Waals surface area contributed by atoms with Gasteiger partial charge in [-0.3, -0.25) is 13.9 Å². The first-order chi connectivity index (χ1) is 16.5. The van der Waals surface area contributed by atoms with Crippen LogP contribution in [0, 0.1) is 5.82 Å². The van der Waals surface area contributed by atoms with E-state index in [2.05, 4.69) is 5.32 Å². The number of hydrogen-bond donors (Lipinski definition) is 1. The van der Waals surface area contributed by atoms with Gasteiger partial charge in [-0.2, -0.15) is 0 Å². The number of halogens is 3. The summed E-state index contributed by atoms with van der Waals surface area (Å²) in [5, 5.41) is 2.96. The number of benzene rings is 2. The molecule has 7 nitrogen and oxygen atoms in total. The van der Waals surface area contributed by atoms with Crippen LogP contribution in [0.3, 0.4) is 0 Å². The molecule has 2 aromatic carbocycles. The Morgan fingerprint density at radius 2 is 1.74 bits per heavy atom. The molecule has 0 fully saturated rings. The number of anilines is 1. The zero-order chi connectivity index (χ0) is 26.2. The summed E-state index contributed by atoms with van der Waals surface area (Å²) in [6.45, 7) is 3.60. The lowest BCUT2D eigenvalue weighted by Gasteiger charge is -2.33. The van der Waals surface area contributed by atoms with Crippen LogP contribution in [-0.4, -0.2) is 50.5 Å². The molecular weight excluding hydrogens is 516 g/mol. The standard InChI is InChI=1S/C24H30Cl2FN3O4S/c1-4-6-14-28-24(32)20(5-2)29(15-17-10-12-18(27)13-11-17)22(31)16-30(35(3,33)34)21-9-7-8-19(25)23(21)26/h7-13,20H,4-6,14-16H2,1-3H3,(H,28,32). The first kappa shape index (κ1) is 28.9. The fraction of sp³-hybridized carbons (Fsp3) is 0.417. The third-order valence-electron chi connectivity index (χ3n) is 5.36. The predicted molar refractivity (Wildman–Crippen MR) is 138 cm³/mol. The Morgan fingerprint density at radius 1 is 1.09 bits per heavy atom. The SMILES string of the molecule is CCCCNC(=O)C(CC)N(Cc1ccc(F)cc1)C(=O)CN(c1cccc(Cl)c1Cl)S(C)(=O)=O. The highest BCUT2D eigenvalue weighted by molar-refractivity contribution is 7.92. The van der Waals surface area contributed by atoms with E-state index in [0.29, 0.717) is 18.5 Å². The highest BCUT2D eigenvalue weighted by Crippen LogP contribution is 2.33. The molecule has 0 aliphatic carbocycles. The van der Waals surface area contributed by atoms with Crippen molar-refractivity contribution >= 4 is 50.7 Å². The summed E-state index contributed by atoms with van der Waals surface area (Å²) < 4.78 is 39.6. The number of hydrogen-bond acceptors (Lipinski definition) is 4. The van der Waals surface area contributed by atoms with Gasteiger partial charge in [-0.05, 0) is 42.7 Å². The van der Waals surface area contributed by atoms with Crippen molar-refractivity contribution in [2.75, 3.05) is 23.7 Å². The third kappa shape index (κ3) is 8.08. The van der Waals surface area contributed by atoms with Crippen molar-refractivity contribution in [3.8, 4) is 0 Å². The summed E-state index contributed by atoms with van der Waals surface area (Å²) in [5.41, 5.74) is 0.642. The fourth-order valence-corrected chi connectivity index (χ4v) is 4.79. The molecule has 2 aromatic rings. The Labute approximate surface area is 216 Å². The lowest BCUT2D eigenvalue weighted by Crippen LogP contribution is -2.52. The molecule has 0 bridgehead atoms. The summed E-state index contributed by atoms with van der Waals surface area (Å²) in [6.07, 6.45) is 2.92. The molecule has 35 heavy (non-hydrogen) atoms. The maximum absolute atomic E-state index is 13.6. The van der Waals surface area contributed by atoms with Crippen LogP contribution < -0.4 is 9.62 Å². The van der Waals surface area contributed by atoms with Gasteiger partial charge in [0.1, 0.15) is 18.4 Å². The molecule has 0 aliphatic rings. The number of nitrogens with zero attached hydrogens (tertiary/aromatic N) is 2. The number of sulfonamides is 1. The molecule has 192 valence electrons. The Morgan fingerprint density at radius 3 is 2.31 bits per heavy atom. The average molecular weight is 546 g/mol. The summed E-state index contributed by atoms with van der Waals surface area (Å²) in [6, 6.07) is 9.16. The summed E-state index contributed by atoms with van der Waals surface area (Å²) in [7, 11) is -3.94. The minimum Gasteiger partial charge on any atom is -0.354 e. The second-order valence-electron chi connectivity index (χ2n) is 8.06. The molecule has 1 atom stereocenters. The van der Waals surface area contributed by atoms with Crippen LogP contribution in [0.2, 0.25) is 10.0 Å². The van der Waals surface area contributed by atoms with E-state index in [1.807, 2.05) is 6.92 Å². The molecule has 0 radical (unpaired) electrons. The Balaban J connectivity index is 2.43. The third-order valence-corrected chi connectivity index (χ3v) is 7.30. The molecule has 1 N–H and O–H groups in total. The highest BCUT2D eigenvalue weighted by Gasteiger charge is 2.32. The molecule has 0 aromatic heterocycles. The van der Waals surface area contributed by atoms with Crippen LogP contribution in [0.1, 0.15) is 38.7 Å². The van der Waals surface area contributed by atoms with E-state index >= 15 is 0 Å². The van der Waals surface area contributed by atoms with Gasteiger partial charge in [-0.15, -0.1) is 0 Å². The van der Waals surface area contributed by atoms with Crippen molar-refractivity contribution in [2.45, 2.75) is 45.7 Å². The fourth-order valence-electron chi connectivity index (χ4n) is 3.49. The van der Waals surface area contributed by atoms with Crippen LogP contribution in [0.15, 0.2) is 42.5 Å². The van der Waals surface area contributed by atoms with Gasteiger partial charge < -0.3 is 10.2 Å². The molecular formula is C24H30Cl2FN3O4S. The molecule has 0 saturated heterocycles. The molecule has 2 rings (SSSR count). The maximum Gasteiger partial charge on any atom is 0.244 e. The second-order valence-corrected chi connectivity index (χ2v) is 10.8. The molecule has 0 heterocycles. The van der Waals surface area contributed by atoms with Crippen molar-refractivity contribution in [3.63, 3.8) is 0 Å². The zero-order valence-electron chi connectivity index (χ0n) is 19.9. The number of carbonyl (C=O) groups excluding carboxylic acids is 2. The van der Waals surface area contributed by atoms with E-state index in [1.165, 1.54) is 47.4 Å². The van der Waals surface area contributed by atoms with Crippen molar-refractivity contribution in [1.29, 1.82) is 0 Å². The van der Waals surface area contributed by atoms with E-state index in [4.69, 9.17) is 23.2 Å². The highest BCUT2D eigenvalue weighted by atomic mass is 35.5. The zero-order valence-corrected chi connectivity index (χ0v) is 22.3. The van der Waals surface area contributed by atoms with Crippen LogP contribution in [0.25, 0.3) is 0 Å². The van der Waals surface area contributed by atoms with Crippen LogP contribution >= 0.6 is 23.2 Å². The molecule has 2 amide bonds. The number of rotatable bonds is 12. The van der Waals surface area contributed by atoms with Crippen molar-refractivity contribution in [1.82, 2.24) is 10.2 Å². The number of amides is 2. The van der Waals surface area contributed by atoms with Gasteiger partial charge in [0.05, 0.1) is 22.0 Å². The molecule has 0 saturated carbocycles.